The fourth-order valence-electron chi connectivity index (χ4n) is 2.45. The fourth-order valence-corrected chi connectivity index (χ4v) is 2.45. The second kappa shape index (κ2) is 5.09. The SMILES string of the molecule is Cc1noc(C)c1CNC(=O)c1ccc2c(ccn2C)c1. The van der Waals surface area contributed by atoms with Crippen LogP contribution in [0, 0.1) is 13.8 Å². The third-order valence-electron chi connectivity index (χ3n) is 3.75. The largest absolute Gasteiger partial charge is 0.361 e. The molecule has 21 heavy (non-hydrogen) atoms. The first-order chi connectivity index (χ1) is 10.1. The lowest BCUT2D eigenvalue weighted by Gasteiger charge is -2.05. The number of hydrogen-bond acceptors (Lipinski definition) is 3. The van der Waals surface area contributed by atoms with Gasteiger partial charge in [0.1, 0.15) is 5.76 Å². The van der Waals surface area contributed by atoms with Crippen molar-refractivity contribution in [3.8, 4) is 0 Å². The van der Waals surface area contributed by atoms with Crippen LogP contribution in [0.1, 0.15) is 27.4 Å². The minimum atomic E-state index is -0.0965. The lowest BCUT2D eigenvalue weighted by atomic mass is 10.1. The highest BCUT2D eigenvalue weighted by Crippen LogP contribution is 2.17. The summed E-state index contributed by atoms with van der Waals surface area (Å²) in [6, 6.07) is 7.70. The summed E-state index contributed by atoms with van der Waals surface area (Å²) in [6.07, 6.45) is 1.98. The number of rotatable bonds is 3. The average molecular weight is 283 g/mol. The van der Waals surface area contributed by atoms with E-state index >= 15 is 0 Å². The van der Waals surface area contributed by atoms with E-state index in [-0.39, 0.29) is 5.91 Å². The highest BCUT2D eigenvalue weighted by atomic mass is 16.5. The molecule has 5 nitrogen and oxygen atoms in total. The molecule has 0 radical (unpaired) electrons. The molecule has 108 valence electrons. The van der Waals surface area contributed by atoms with E-state index < -0.39 is 0 Å². The Morgan fingerprint density at radius 3 is 2.86 bits per heavy atom. The van der Waals surface area contributed by atoms with Crippen molar-refractivity contribution in [3.63, 3.8) is 0 Å². The summed E-state index contributed by atoms with van der Waals surface area (Å²) >= 11 is 0. The van der Waals surface area contributed by atoms with E-state index in [4.69, 9.17) is 4.52 Å². The van der Waals surface area contributed by atoms with Crippen LogP contribution >= 0.6 is 0 Å². The molecule has 3 aromatic rings. The Bertz CT molecular complexity index is 795. The summed E-state index contributed by atoms with van der Waals surface area (Å²) in [4.78, 5) is 12.2. The molecule has 0 fully saturated rings. The smallest absolute Gasteiger partial charge is 0.251 e. The van der Waals surface area contributed by atoms with Gasteiger partial charge in [0.25, 0.3) is 5.91 Å². The molecular formula is C16H17N3O2. The van der Waals surface area contributed by atoms with Crippen molar-refractivity contribution in [1.29, 1.82) is 0 Å². The normalized spacial score (nSPS) is 11.0. The van der Waals surface area contributed by atoms with Gasteiger partial charge in [-0.25, -0.2) is 0 Å². The van der Waals surface area contributed by atoms with Crippen LogP contribution in [0.4, 0.5) is 0 Å². The van der Waals surface area contributed by atoms with Gasteiger partial charge in [-0.3, -0.25) is 4.79 Å². The molecule has 0 saturated carbocycles. The van der Waals surface area contributed by atoms with Crippen LogP contribution < -0.4 is 5.32 Å². The number of nitrogens with one attached hydrogen (secondary N) is 1. The zero-order valence-corrected chi connectivity index (χ0v) is 12.3. The second-order valence-corrected chi connectivity index (χ2v) is 5.19. The van der Waals surface area contributed by atoms with Crippen LogP contribution in [0.25, 0.3) is 10.9 Å². The Kier molecular flexibility index (Phi) is 3.25. The summed E-state index contributed by atoms with van der Waals surface area (Å²) in [5, 5.41) is 7.85. The van der Waals surface area contributed by atoms with Crippen LogP contribution in [0.15, 0.2) is 35.0 Å². The van der Waals surface area contributed by atoms with Crippen molar-refractivity contribution in [1.82, 2.24) is 15.0 Å². The van der Waals surface area contributed by atoms with E-state index in [1.54, 1.807) is 0 Å². The van der Waals surface area contributed by atoms with E-state index in [1.165, 1.54) is 0 Å². The summed E-state index contributed by atoms with van der Waals surface area (Å²) in [6.45, 7) is 4.14. The van der Waals surface area contributed by atoms with Gasteiger partial charge in [-0.2, -0.15) is 0 Å². The predicted molar refractivity (Wildman–Crippen MR) is 80.1 cm³/mol. The number of hydrogen-bond donors (Lipinski definition) is 1. The molecule has 0 aliphatic rings. The maximum atomic E-state index is 12.2. The summed E-state index contributed by atoms with van der Waals surface area (Å²) in [5.41, 5.74) is 3.51. The number of benzene rings is 1. The fraction of sp³-hybridized carbons (Fsp3) is 0.250. The minimum absolute atomic E-state index is 0.0965. The zero-order chi connectivity index (χ0) is 15.0. The highest BCUT2D eigenvalue weighted by molar-refractivity contribution is 5.98. The second-order valence-electron chi connectivity index (χ2n) is 5.19. The number of fused-ring (bicyclic) bond motifs is 1. The molecule has 0 unspecified atom stereocenters. The van der Waals surface area contributed by atoms with Crippen LogP contribution in [0.2, 0.25) is 0 Å². The summed E-state index contributed by atoms with van der Waals surface area (Å²) < 4.78 is 7.12. The molecule has 3 rings (SSSR count). The van der Waals surface area contributed by atoms with Gasteiger partial charge in [-0.05, 0) is 38.1 Å². The molecule has 0 bridgehead atoms. The van der Waals surface area contributed by atoms with Crippen molar-refractivity contribution in [2.45, 2.75) is 20.4 Å². The highest BCUT2D eigenvalue weighted by Gasteiger charge is 2.12. The van der Waals surface area contributed by atoms with Gasteiger partial charge in [0.15, 0.2) is 0 Å². The predicted octanol–water partition coefficient (Wildman–Crippen LogP) is 2.71. The standard InChI is InChI=1S/C16H17N3O2/c1-10-14(11(2)21-18-10)9-17-16(20)13-4-5-15-12(8-13)6-7-19(15)3/h4-8H,9H2,1-3H3,(H,17,20). The van der Waals surface area contributed by atoms with E-state index in [2.05, 4.69) is 10.5 Å². The molecule has 1 aromatic carbocycles. The van der Waals surface area contributed by atoms with Gasteiger partial charge in [-0.15, -0.1) is 0 Å². The molecule has 0 atom stereocenters. The summed E-state index contributed by atoms with van der Waals surface area (Å²) in [7, 11) is 1.99. The number of aryl methyl sites for hydroxylation is 3. The Labute approximate surface area is 122 Å². The van der Waals surface area contributed by atoms with Crippen LogP contribution in [0.3, 0.4) is 0 Å². The third-order valence-corrected chi connectivity index (χ3v) is 3.75. The third kappa shape index (κ3) is 2.42. The van der Waals surface area contributed by atoms with E-state index in [0.717, 1.165) is 27.9 Å². The maximum Gasteiger partial charge on any atom is 0.251 e. The van der Waals surface area contributed by atoms with Crippen LogP contribution in [-0.4, -0.2) is 15.6 Å². The van der Waals surface area contributed by atoms with Gasteiger partial charge in [-0.1, -0.05) is 5.16 Å². The Morgan fingerprint density at radius 2 is 2.14 bits per heavy atom. The lowest BCUT2D eigenvalue weighted by molar-refractivity contribution is 0.0951. The van der Waals surface area contributed by atoms with E-state index in [0.29, 0.717) is 12.1 Å². The quantitative estimate of drug-likeness (QED) is 0.804. The Hall–Kier alpha value is -2.56. The maximum absolute atomic E-state index is 12.2. The van der Waals surface area contributed by atoms with Crippen molar-refractivity contribution in [3.05, 3.63) is 53.0 Å². The number of aromatic nitrogens is 2. The van der Waals surface area contributed by atoms with Crippen LogP contribution in [-0.2, 0) is 13.6 Å². The van der Waals surface area contributed by atoms with Crippen molar-refractivity contribution >= 4 is 16.8 Å². The number of carbonyl (C=O) groups is 1. The number of carbonyl (C=O) groups excluding carboxylic acids is 1. The van der Waals surface area contributed by atoms with Gasteiger partial charge in [0, 0.05) is 41.8 Å². The van der Waals surface area contributed by atoms with Crippen molar-refractivity contribution in [2.24, 2.45) is 7.05 Å². The molecule has 2 heterocycles. The molecule has 1 amide bonds. The number of nitrogens with zero attached hydrogens (tertiary/aromatic N) is 2. The molecule has 0 spiro atoms. The Morgan fingerprint density at radius 1 is 1.33 bits per heavy atom. The molecule has 0 aliphatic heterocycles. The zero-order valence-electron chi connectivity index (χ0n) is 12.3. The van der Waals surface area contributed by atoms with E-state index in [1.807, 2.05) is 55.9 Å². The van der Waals surface area contributed by atoms with E-state index in [9.17, 15) is 4.79 Å². The first-order valence-corrected chi connectivity index (χ1v) is 6.81. The first-order valence-electron chi connectivity index (χ1n) is 6.81. The molecule has 2 aromatic heterocycles. The van der Waals surface area contributed by atoms with Crippen LogP contribution in [0.5, 0.6) is 0 Å². The lowest BCUT2D eigenvalue weighted by Crippen LogP contribution is -2.23. The molecule has 5 heteroatoms. The average Bonchev–Trinajstić information content (AvgIpc) is 3.00. The summed E-state index contributed by atoms with van der Waals surface area (Å²) in [5.74, 6) is 0.645. The van der Waals surface area contributed by atoms with Gasteiger partial charge < -0.3 is 14.4 Å². The molecule has 0 aliphatic carbocycles. The minimum Gasteiger partial charge on any atom is -0.361 e. The molecule has 0 saturated heterocycles. The number of amides is 1. The monoisotopic (exact) mass is 283 g/mol. The van der Waals surface area contributed by atoms with Gasteiger partial charge >= 0.3 is 0 Å². The molecule has 1 N–H and O–H groups in total. The van der Waals surface area contributed by atoms with Crippen molar-refractivity contribution in [2.75, 3.05) is 0 Å². The topological polar surface area (TPSA) is 60.1 Å². The van der Waals surface area contributed by atoms with Crippen molar-refractivity contribution < 1.29 is 9.32 Å². The van der Waals surface area contributed by atoms with Gasteiger partial charge in [0.05, 0.1) is 5.69 Å². The first kappa shape index (κ1) is 13.4. The molecular weight excluding hydrogens is 266 g/mol. The van der Waals surface area contributed by atoms with Gasteiger partial charge in [0.2, 0.25) is 0 Å². The Balaban J connectivity index is 1.78.